The number of halogens is 2. The highest BCUT2D eigenvalue weighted by atomic mass is 79.9. The van der Waals surface area contributed by atoms with Gasteiger partial charge in [-0.25, -0.2) is 0 Å². The first-order valence-corrected chi connectivity index (χ1v) is 8.02. The van der Waals surface area contributed by atoms with E-state index in [-0.39, 0.29) is 12.2 Å². The maximum atomic E-state index is 12.5. The van der Waals surface area contributed by atoms with E-state index in [0.29, 0.717) is 11.1 Å². The molecule has 0 saturated heterocycles. The number of carbonyl (C=O) groups is 1. The average Bonchev–Trinajstić information content (AvgIpc) is 2.60. The predicted octanol–water partition coefficient (Wildman–Crippen LogP) is 4.83. The molecule has 0 fully saturated rings. The van der Waals surface area contributed by atoms with E-state index in [1.54, 1.807) is 48.5 Å². The number of hydrogen-bond acceptors (Lipinski definition) is 3. The van der Waals surface area contributed by atoms with Crippen molar-refractivity contribution in [2.24, 2.45) is 0 Å². The van der Waals surface area contributed by atoms with Crippen LogP contribution in [0.1, 0.15) is 28.3 Å². The van der Waals surface area contributed by atoms with E-state index >= 15 is 0 Å². The Morgan fingerprint density at radius 3 is 2.17 bits per heavy atom. The van der Waals surface area contributed by atoms with Crippen LogP contribution in [0.2, 0.25) is 0 Å². The molecule has 0 amide bonds. The smallest absolute Gasteiger partial charge is 0.223 e. The van der Waals surface area contributed by atoms with E-state index in [4.69, 9.17) is 11.6 Å². The summed E-state index contributed by atoms with van der Waals surface area (Å²) in [5.41, 5.74) is 1.21. The lowest BCUT2D eigenvalue weighted by molar-refractivity contribution is 0.0972. The molecule has 2 rings (SSSR count). The van der Waals surface area contributed by atoms with Gasteiger partial charge < -0.3 is 0 Å². The summed E-state index contributed by atoms with van der Waals surface area (Å²) in [5.74, 6) is -0.876. The molecule has 0 bridgehead atoms. The van der Waals surface area contributed by atoms with Gasteiger partial charge in [0, 0.05) is 22.4 Å². The molecular formula is C18H12BrClN2O. The number of nitrogens with zero attached hydrogens (tertiary/aromatic N) is 2. The lowest BCUT2D eigenvalue weighted by atomic mass is 9.82. The molecule has 0 saturated carbocycles. The van der Waals surface area contributed by atoms with Crippen molar-refractivity contribution >= 4 is 33.3 Å². The molecule has 0 aromatic heterocycles. The second-order valence-electron chi connectivity index (χ2n) is 5.03. The maximum Gasteiger partial charge on any atom is 0.223 e. The summed E-state index contributed by atoms with van der Waals surface area (Å²) >= 11 is 9.50. The first kappa shape index (κ1) is 17.2. The van der Waals surface area contributed by atoms with Crippen LogP contribution in [0.15, 0.2) is 59.1 Å². The third-order valence-corrected chi connectivity index (χ3v) is 4.52. The zero-order valence-electron chi connectivity index (χ0n) is 12.0. The number of alkyl halides is 1. The Labute approximate surface area is 148 Å². The molecular weight excluding hydrogens is 376 g/mol. The van der Waals surface area contributed by atoms with Gasteiger partial charge in [-0.3, -0.25) is 4.79 Å². The Balaban J connectivity index is 2.36. The van der Waals surface area contributed by atoms with Crippen LogP contribution in [0.25, 0.3) is 0 Å². The number of benzene rings is 2. The van der Waals surface area contributed by atoms with Gasteiger partial charge >= 0.3 is 0 Å². The van der Waals surface area contributed by atoms with Crippen molar-refractivity contribution < 1.29 is 4.79 Å². The van der Waals surface area contributed by atoms with Crippen LogP contribution in [0.5, 0.6) is 0 Å². The summed E-state index contributed by atoms with van der Waals surface area (Å²) < 4.78 is 0.870. The zero-order chi connectivity index (χ0) is 16.9. The average molecular weight is 388 g/mol. The molecule has 0 aliphatic carbocycles. The van der Waals surface area contributed by atoms with Gasteiger partial charge in [0.25, 0.3) is 0 Å². The van der Waals surface area contributed by atoms with Crippen molar-refractivity contribution in [1.82, 2.24) is 0 Å². The minimum absolute atomic E-state index is 0.0176. The highest BCUT2D eigenvalue weighted by molar-refractivity contribution is 9.10. The number of carbonyl (C=O) groups excluding carboxylic acids is 1. The second kappa shape index (κ2) is 7.42. The molecule has 0 aliphatic rings. The van der Waals surface area contributed by atoms with E-state index in [9.17, 15) is 15.3 Å². The Hall–Kier alpha value is -2.14. The summed E-state index contributed by atoms with van der Waals surface area (Å²) in [6, 6.07) is 19.6. The van der Waals surface area contributed by atoms with E-state index in [1.165, 1.54) is 0 Å². The first-order chi connectivity index (χ1) is 11.0. The van der Waals surface area contributed by atoms with Crippen LogP contribution in [0.3, 0.4) is 0 Å². The molecule has 0 radical (unpaired) electrons. The van der Waals surface area contributed by atoms with Crippen molar-refractivity contribution in [3.8, 4) is 12.1 Å². The van der Waals surface area contributed by atoms with Crippen LogP contribution >= 0.6 is 27.5 Å². The fourth-order valence-electron chi connectivity index (χ4n) is 2.29. The number of nitriles is 2. The number of ketones is 1. The molecule has 1 unspecified atom stereocenters. The van der Waals surface area contributed by atoms with Crippen LogP contribution < -0.4 is 0 Å². The number of rotatable bonds is 5. The minimum atomic E-state index is -1.79. The molecule has 0 spiro atoms. The largest absolute Gasteiger partial charge is 0.294 e. The van der Waals surface area contributed by atoms with Gasteiger partial charge in [-0.15, -0.1) is 0 Å². The lowest BCUT2D eigenvalue weighted by Gasteiger charge is -2.23. The van der Waals surface area contributed by atoms with E-state index in [2.05, 4.69) is 15.9 Å². The monoisotopic (exact) mass is 386 g/mol. The van der Waals surface area contributed by atoms with Gasteiger partial charge in [0.15, 0.2) is 5.78 Å². The summed E-state index contributed by atoms with van der Waals surface area (Å²) in [6.07, 6.45) is -0.0176. The van der Waals surface area contributed by atoms with Crippen LogP contribution in [-0.2, 0) is 0 Å². The van der Waals surface area contributed by atoms with Gasteiger partial charge in [0.05, 0.1) is 0 Å². The van der Waals surface area contributed by atoms with E-state index in [1.807, 2.05) is 18.2 Å². The molecule has 0 heterocycles. The maximum absolute atomic E-state index is 12.5. The van der Waals surface area contributed by atoms with E-state index < -0.39 is 10.8 Å². The molecule has 0 N–H and O–H groups in total. The Bertz CT molecular complexity index is 761. The summed E-state index contributed by atoms with van der Waals surface area (Å²) in [5, 5.41) is 18.6. The van der Waals surface area contributed by atoms with Gasteiger partial charge in [0.2, 0.25) is 4.87 Å². The van der Waals surface area contributed by atoms with Gasteiger partial charge in [0.1, 0.15) is 12.1 Å². The molecule has 1 atom stereocenters. The molecule has 2 aromatic rings. The lowest BCUT2D eigenvalue weighted by Crippen LogP contribution is -2.29. The fourth-order valence-corrected chi connectivity index (χ4v) is 2.76. The SMILES string of the molecule is N#CC(Cl)(C#N)C(CC(=O)c1ccc(Br)cc1)c1ccccc1. The molecule has 5 heteroatoms. The topological polar surface area (TPSA) is 64.7 Å². The van der Waals surface area contributed by atoms with Crippen molar-refractivity contribution in [3.63, 3.8) is 0 Å². The third kappa shape index (κ3) is 3.99. The third-order valence-electron chi connectivity index (χ3n) is 3.56. The molecule has 3 nitrogen and oxygen atoms in total. The number of hydrogen-bond donors (Lipinski definition) is 0. The minimum Gasteiger partial charge on any atom is -0.294 e. The Kier molecular flexibility index (Phi) is 5.55. The van der Waals surface area contributed by atoms with Crippen molar-refractivity contribution in [2.75, 3.05) is 0 Å². The fraction of sp³-hybridized carbons (Fsp3) is 0.167. The Morgan fingerprint density at radius 2 is 1.65 bits per heavy atom. The summed E-state index contributed by atoms with van der Waals surface area (Å²) in [6.45, 7) is 0. The van der Waals surface area contributed by atoms with Crippen molar-refractivity contribution in [1.29, 1.82) is 10.5 Å². The highest BCUT2D eigenvalue weighted by Crippen LogP contribution is 2.37. The normalized spacial score (nSPS) is 12.0. The molecule has 23 heavy (non-hydrogen) atoms. The zero-order valence-corrected chi connectivity index (χ0v) is 14.4. The second-order valence-corrected chi connectivity index (χ2v) is 6.54. The van der Waals surface area contributed by atoms with Gasteiger partial charge in [-0.05, 0) is 17.7 Å². The molecule has 0 aliphatic heterocycles. The highest BCUT2D eigenvalue weighted by Gasteiger charge is 2.40. The summed E-state index contributed by atoms with van der Waals surface area (Å²) in [4.78, 5) is 10.7. The van der Waals surface area contributed by atoms with Crippen LogP contribution in [0, 0.1) is 22.7 Å². The van der Waals surface area contributed by atoms with E-state index in [0.717, 1.165) is 4.47 Å². The van der Waals surface area contributed by atoms with Crippen molar-refractivity contribution in [2.45, 2.75) is 17.2 Å². The van der Waals surface area contributed by atoms with Gasteiger partial charge in [-0.2, -0.15) is 10.5 Å². The van der Waals surface area contributed by atoms with Crippen molar-refractivity contribution in [3.05, 3.63) is 70.2 Å². The Morgan fingerprint density at radius 1 is 1.09 bits per heavy atom. The quantitative estimate of drug-likeness (QED) is 0.545. The predicted molar refractivity (Wildman–Crippen MR) is 92.1 cm³/mol. The van der Waals surface area contributed by atoms with Gasteiger partial charge in [-0.1, -0.05) is 70.0 Å². The molecule has 2 aromatic carbocycles. The first-order valence-electron chi connectivity index (χ1n) is 6.85. The standard InChI is InChI=1S/C18H12BrClN2O/c19-15-8-6-14(7-9-15)17(23)10-16(18(20,11-21)12-22)13-4-2-1-3-5-13/h1-9,16H,10H2. The molecule has 114 valence electrons. The van der Waals surface area contributed by atoms with Crippen LogP contribution in [0.4, 0.5) is 0 Å². The number of Topliss-reactive ketones (excluding diaryl/α,β-unsaturated/α-hetero) is 1. The van der Waals surface area contributed by atoms with Crippen LogP contribution in [-0.4, -0.2) is 10.7 Å². The summed E-state index contributed by atoms with van der Waals surface area (Å²) in [7, 11) is 0.